The number of benzene rings is 2. The van der Waals surface area contributed by atoms with Crippen LogP contribution in [0.25, 0.3) is 0 Å². The van der Waals surface area contributed by atoms with Crippen LogP contribution in [0.5, 0.6) is 0 Å². The van der Waals surface area contributed by atoms with Crippen LogP contribution in [-0.2, 0) is 6.18 Å². The molecule has 0 bridgehead atoms. The molecule has 0 spiro atoms. The van der Waals surface area contributed by atoms with E-state index in [4.69, 9.17) is 5.73 Å². The standard InChI is InChI=1S/C19H22F3N3O/c1-2-6-14(23)12-24-18(26)16-9-3-4-10-17(16)25-15-8-5-7-13(11-15)19(20,21)22/h3-5,7-11,14,25H,2,6,12,23H2,1H3,(H,24,26). The van der Waals surface area contributed by atoms with Crippen molar-refractivity contribution in [2.75, 3.05) is 11.9 Å². The predicted molar refractivity (Wildman–Crippen MR) is 96.4 cm³/mol. The van der Waals surface area contributed by atoms with Gasteiger partial charge in [-0.1, -0.05) is 31.5 Å². The Kier molecular flexibility index (Phi) is 6.63. The van der Waals surface area contributed by atoms with Gasteiger partial charge in [0, 0.05) is 18.3 Å². The monoisotopic (exact) mass is 365 g/mol. The average Bonchev–Trinajstić information content (AvgIpc) is 2.60. The fourth-order valence-corrected chi connectivity index (χ4v) is 2.51. The topological polar surface area (TPSA) is 67.1 Å². The van der Waals surface area contributed by atoms with Crippen LogP contribution in [-0.4, -0.2) is 18.5 Å². The maximum atomic E-state index is 12.8. The van der Waals surface area contributed by atoms with Gasteiger partial charge in [-0.05, 0) is 36.8 Å². The van der Waals surface area contributed by atoms with E-state index < -0.39 is 11.7 Å². The minimum absolute atomic E-state index is 0.132. The first-order chi connectivity index (χ1) is 12.3. The molecule has 1 amide bonds. The number of nitrogens with two attached hydrogens (primary N) is 1. The van der Waals surface area contributed by atoms with Crippen LogP contribution in [0.2, 0.25) is 0 Å². The summed E-state index contributed by atoms with van der Waals surface area (Å²) >= 11 is 0. The lowest BCUT2D eigenvalue weighted by Gasteiger charge is -2.15. The molecular weight excluding hydrogens is 343 g/mol. The molecule has 7 heteroatoms. The van der Waals surface area contributed by atoms with E-state index in [0.29, 0.717) is 17.8 Å². The van der Waals surface area contributed by atoms with Gasteiger partial charge in [0.15, 0.2) is 0 Å². The molecule has 2 rings (SSSR count). The van der Waals surface area contributed by atoms with Crippen molar-refractivity contribution in [3.05, 3.63) is 59.7 Å². The zero-order valence-electron chi connectivity index (χ0n) is 14.4. The molecule has 1 atom stereocenters. The first kappa shape index (κ1) is 19.8. The largest absolute Gasteiger partial charge is 0.416 e. The average molecular weight is 365 g/mol. The number of carbonyl (C=O) groups excluding carboxylic acids is 1. The zero-order valence-corrected chi connectivity index (χ0v) is 14.4. The van der Waals surface area contributed by atoms with E-state index in [-0.39, 0.29) is 17.6 Å². The molecule has 0 saturated carbocycles. The highest BCUT2D eigenvalue weighted by Crippen LogP contribution is 2.31. The quantitative estimate of drug-likeness (QED) is 0.685. The van der Waals surface area contributed by atoms with E-state index in [0.717, 1.165) is 25.0 Å². The van der Waals surface area contributed by atoms with Crippen LogP contribution in [0.1, 0.15) is 35.7 Å². The van der Waals surface area contributed by atoms with E-state index in [9.17, 15) is 18.0 Å². The SMILES string of the molecule is CCCC(N)CNC(=O)c1ccccc1Nc1cccc(C(F)(F)F)c1. The minimum Gasteiger partial charge on any atom is -0.355 e. The molecule has 0 radical (unpaired) electrons. The van der Waals surface area contributed by atoms with Gasteiger partial charge in [-0.2, -0.15) is 13.2 Å². The lowest BCUT2D eigenvalue weighted by molar-refractivity contribution is -0.137. The number of hydrogen-bond acceptors (Lipinski definition) is 3. The molecule has 0 heterocycles. The molecule has 0 fully saturated rings. The highest BCUT2D eigenvalue weighted by atomic mass is 19.4. The third-order valence-corrected chi connectivity index (χ3v) is 3.82. The number of rotatable bonds is 7. The fourth-order valence-electron chi connectivity index (χ4n) is 2.51. The lowest BCUT2D eigenvalue weighted by Crippen LogP contribution is -2.37. The van der Waals surface area contributed by atoms with E-state index >= 15 is 0 Å². The van der Waals surface area contributed by atoms with Crippen molar-refractivity contribution >= 4 is 17.3 Å². The molecule has 1 unspecified atom stereocenters. The first-order valence-electron chi connectivity index (χ1n) is 8.38. The van der Waals surface area contributed by atoms with Gasteiger partial charge in [0.2, 0.25) is 0 Å². The molecule has 0 aliphatic heterocycles. The van der Waals surface area contributed by atoms with Gasteiger partial charge in [0.05, 0.1) is 16.8 Å². The molecule has 26 heavy (non-hydrogen) atoms. The highest BCUT2D eigenvalue weighted by molar-refractivity contribution is 6.00. The first-order valence-corrected chi connectivity index (χ1v) is 8.38. The molecule has 4 nitrogen and oxygen atoms in total. The summed E-state index contributed by atoms with van der Waals surface area (Å²) in [5.41, 5.74) is 6.16. The Morgan fingerprint density at radius 1 is 1.15 bits per heavy atom. The molecule has 0 aliphatic carbocycles. The third-order valence-electron chi connectivity index (χ3n) is 3.82. The highest BCUT2D eigenvalue weighted by Gasteiger charge is 2.30. The third kappa shape index (κ3) is 5.49. The van der Waals surface area contributed by atoms with Crippen LogP contribution >= 0.6 is 0 Å². The number of hydrogen-bond donors (Lipinski definition) is 3. The maximum Gasteiger partial charge on any atom is 0.416 e. The Morgan fingerprint density at radius 3 is 2.58 bits per heavy atom. The second-order valence-electron chi connectivity index (χ2n) is 6.01. The van der Waals surface area contributed by atoms with Crippen LogP contribution in [0.3, 0.4) is 0 Å². The van der Waals surface area contributed by atoms with Crippen molar-refractivity contribution in [1.29, 1.82) is 0 Å². The normalized spacial score (nSPS) is 12.5. The number of amides is 1. The summed E-state index contributed by atoms with van der Waals surface area (Å²) in [4.78, 5) is 12.4. The van der Waals surface area contributed by atoms with E-state index in [1.807, 2.05) is 6.92 Å². The number of para-hydroxylation sites is 1. The summed E-state index contributed by atoms with van der Waals surface area (Å²) in [5.74, 6) is -0.327. The molecule has 4 N–H and O–H groups in total. The maximum absolute atomic E-state index is 12.8. The summed E-state index contributed by atoms with van der Waals surface area (Å²) in [6.07, 6.45) is -2.71. The van der Waals surface area contributed by atoms with Gasteiger partial charge < -0.3 is 16.4 Å². The van der Waals surface area contributed by atoms with Gasteiger partial charge >= 0.3 is 6.18 Å². The summed E-state index contributed by atoms with van der Waals surface area (Å²) in [6.45, 7) is 2.35. The van der Waals surface area contributed by atoms with Crippen molar-refractivity contribution in [2.45, 2.75) is 32.0 Å². The molecule has 0 aliphatic rings. The van der Waals surface area contributed by atoms with Gasteiger partial charge in [-0.25, -0.2) is 0 Å². The van der Waals surface area contributed by atoms with Crippen LogP contribution in [0.4, 0.5) is 24.5 Å². The number of anilines is 2. The van der Waals surface area contributed by atoms with Crippen LogP contribution < -0.4 is 16.4 Å². The Morgan fingerprint density at radius 2 is 1.88 bits per heavy atom. The summed E-state index contributed by atoms with van der Waals surface area (Å²) < 4.78 is 38.5. The second-order valence-corrected chi connectivity index (χ2v) is 6.01. The Balaban J connectivity index is 2.15. The molecule has 2 aromatic rings. The van der Waals surface area contributed by atoms with E-state index in [1.165, 1.54) is 12.1 Å². The number of alkyl halides is 3. The van der Waals surface area contributed by atoms with Gasteiger partial charge in [-0.15, -0.1) is 0 Å². The van der Waals surface area contributed by atoms with Crippen molar-refractivity contribution in [3.8, 4) is 0 Å². The molecular formula is C19H22F3N3O. The fraction of sp³-hybridized carbons (Fsp3) is 0.316. The van der Waals surface area contributed by atoms with Crippen molar-refractivity contribution in [1.82, 2.24) is 5.32 Å². The smallest absolute Gasteiger partial charge is 0.355 e. The Hall–Kier alpha value is -2.54. The van der Waals surface area contributed by atoms with Crippen LogP contribution in [0.15, 0.2) is 48.5 Å². The molecule has 0 aromatic heterocycles. The number of halogens is 3. The van der Waals surface area contributed by atoms with Crippen molar-refractivity contribution < 1.29 is 18.0 Å². The van der Waals surface area contributed by atoms with Crippen molar-refractivity contribution in [3.63, 3.8) is 0 Å². The molecule has 2 aromatic carbocycles. The Bertz CT molecular complexity index is 747. The second kappa shape index (κ2) is 8.71. The zero-order chi connectivity index (χ0) is 19.2. The lowest BCUT2D eigenvalue weighted by atomic mass is 10.1. The molecule has 0 saturated heterocycles. The summed E-state index contributed by atoms with van der Waals surface area (Å²) in [5, 5.41) is 5.65. The van der Waals surface area contributed by atoms with Gasteiger partial charge in [0.25, 0.3) is 5.91 Å². The van der Waals surface area contributed by atoms with Crippen molar-refractivity contribution in [2.24, 2.45) is 5.73 Å². The summed E-state index contributed by atoms with van der Waals surface area (Å²) in [7, 11) is 0. The van der Waals surface area contributed by atoms with E-state index in [1.54, 1.807) is 24.3 Å². The molecule has 140 valence electrons. The minimum atomic E-state index is -4.43. The van der Waals surface area contributed by atoms with Gasteiger partial charge in [-0.3, -0.25) is 4.79 Å². The Labute approximate surface area is 150 Å². The van der Waals surface area contributed by atoms with Gasteiger partial charge in [0.1, 0.15) is 0 Å². The summed E-state index contributed by atoms with van der Waals surface area (Å²) in [6, 6.07) is 11.3. The van der Waals surface area contributed by atoms with Crippen LogP contribution in [0, 0.1) is 0 Å². The predicted octanol–water partition coefficient (Wildman–Crippen LogP) is 4.31. The number of nitrogens with one attached hydrogen (secondary N) is 2. The number of carbonyl (C=O) groups is 1. The van der Waals surface area contributed by atoms with E-state index in [2.05, 4.69) is 10.6 Å².